The van der Waals surface area contributed by atoms with Gasteiger partial charge in [-0.1, -0.05) is 23.7 Å². The Morgan fingerprint density at radius 3 is 2.84 bits per heavy atom. The Hall–Kier alpha value is -3.39. The molecule has 9 heteroatoms. The van der Waals surface area contributed by atoms with Gasteiger partial charge in [-0.2, -0.15) is 5.10 Å². The molecule has 3 rings (SSSR count). The molecule has 0 aliphatic heterocycles. The smallest absolute Gasteiger partial charge is 0.270 e. The lowest BCUT2D eigenvalue weighted by molar-refractivity contribution is -0.121. The van der Waals surface area contributed by atoms with Crippen molar-refractivity contribution in [1.29, 1.82) is 0 Å². The van der Waals surface area contributed by atoms with Gasteiger partial charge in [0.05, 0.1) is 35.0 Å². The Balaban J connectivity index is 1.63. The van der Waals surface area contributed by atoms with E-state index in [9.17, 15) is 9.59 Å². The summed E-state index contributed by atoms with van der Waals surface area (Å²) < 4.78 is 11.3. The number of hydrazone groups is 1. The van der Waals surface area contributed by atoms with Crippen LogP contribution in [0.4, 0.5) is 0 Å². The zero-order valence-corrected chi connectivity index (χ0v) is 18.9. The minimum Gasteiger partial charge on any atom is -0.490 e. The van der Waals surface area contributed by atoms with Gasteiger partial charge in [0, 0.05) is 12.8 Å². The summed E-state index contributed by atoms with van der Waals surface area (Å²) in [5.41, 5.74) is 4.42. The lowest BCUT2D eigenvalue weighted by Gasteiger charge is -2.16. The number of nitrogens with one attached hydrogen (secondary N) is 2. The summed E-state index contributed by atoms with van der Waals surface area (Å²) >= 11 is 6.34. The monoisotopic (exact) mass is 456 g/mol. The van der Waals surface area contributed by atoms with E-state index in [1.165, 1.54) is 6.21 Å². The summed E-state index contributed by atoms with van der Waals surface area (Å²) in [5.74, 6) is 0.632. The molecule has 0 saturated heterocycles. The van der Waals surface area contributed by atoms with Crippen LogP contribution in [-0.4, -0.2) is 34.8 Å². The number of ether oxygens (including phenoxy) is 2. The van der Waals surface area contributed by atoms with Crippen molar-refractivity contribution in [2.24, 2.45) is 5.10 Å². The number of nitrogens with zero attached hydrogens (tertiary/aromatic N) is 2. The van der Waals surface area contributed by atoms with E-state index in [0.717, 1.165) is 0 Å². The summed E-state index contributed by atoms with van der Waals surface area (Å²) in [6.07, 6.45) is 1.67. The maximum Gasteiger partial charge on any atom is 0.270 e. The lowest BCUT2D eigenvalue weighted by atomic mass is 10.2. The second kappa shape index (κ2) is 10.8. The fourth-order valence-corrected chi connectivity index (χ4v) is 3.24. The van der Waals surface area contributed by atoms with Gasteiger partial charge in [-0.3, -0.25) is 9.59 Å². The summed E-state index contributed by atoms with van der Waals surface area (Å²) in [5, 5.41) is 4.36. The van der Waals surface area contributed by atoms with Crippen molar-refractivity contribution in [3.8, 4) is 11.5 Å². The molecule has 8 nitrogen and oxygen atoms in total. The van der Waals surface area contributed by atoms with E-state index in [-0.39, 0.29) is 30.4 Å². The first-order chi connectivity index (χ1) is 15.4. The van der Waals surface area contributed by atoms with Crippen molar-refractivity contribution in [3.63, 3.8) is 0 Å². The third-order valence-electron chi connectivity index (χ3n) is 4.35. The molecule has 0 unspecified atom stereocenters. The minimum atomic E-state index is -0.341. The predicted octanol–water partition coefficient (Wildman–Crippen LogP) is 3.85. The van der Waals surface area contributed by atoms with Crippen molar-refractivity contribution in [2.75, 3.05) is 6.61 Å². The van der Waals surface area contributed by atoms with Crippen LogP contribution in [0.15, 0.2) is 46.3 Å². The molecule has 168 valence electrons. The van der Waals surface area contributed by atoms with Gasteiger partial charge in [0.25, 0.3) is 5.56 Å². The number of rotatable bonds is 9. The molecule has 0 spiro atoms. The third-order valence-corrected chi connectivity index (χ3v) is 4.63. The molecule has 0 aliphatic carbocycles. The fraction of sp³-hybridized carbons (Fsp3) is 0.304. The average molecular weight is 457 g/mol. The SMILES string of the molecule is CCOc1cc(/C=N\NC(=O)CCc2nc3ccccc3[nH]c2=O)cc(Cl)c1OC(C)C. The normalized spacial score (nSPS) is 11.3. The van der Waals surface area contributed by atoms with Gasteiger partial charge in [-0.15, -0.1) is 0 Å². The number of carbonyl (C=O) groups excluding carboxylic acids is 1. The Morgan fingerprint density at radius 2 is 2.09 bits per heavy atom. The maximum absolute atomic E-state index is 12.2. The number of benzene rings is 2. The topological polar surface area (TPSA) is 106 Å². The van der Waals surface area contributed by atoms with Gasteiger partial charge in [0.1, 0.15) is 5.69 Å². The molecule has 2 N–H and O–H groups in total. The van der Waals surface area contributed by atoms with Crippen LogP contribution >= 0.6 is 11.6 Å². The highest BCUT2D eigenvalue weighted by atomic mass is 35.5. The van der Waals surface area contributed by atoms with Gasteiger partial charge >= 0.3 is 0 Å². The van der Waals surface area contributed by atoms with Crippen LogP contribution in [-0.2, 0) is 11.2 Å². The number of hydrogen-bond donors (Lipinski definition) is 2. The quantitative estimate of drug-likeness (QED) is 0.376. The molecule has 0 bridgehead atoms. The van der Waals surface area contributed by atoms with Crippen LogP contribution in [0, 0.1) is 0 Å². The third kappa shape index (κ3) is 6.07. The van der Waals surface area contributed by atoms with E-state index in [0.29, 0.717) is 45.4 Å². The van der Waals surface area contributed by atoms with Crippen molar-refractivity contribution < 1.29 is 14.3 Å². The highest BCUT2D eigenvalue weighted by molar-refractivity contribution is 6.32. The number of fused-ring (bicyclic) bond motifs is 1. The molecule has 2 aromatic carbocycles. The molecule has 1 amide bonds. The van der Waals surface area contributed by atoms with Crippen molar-refractivity contribution in [1.82, 2.24) is 15.4 Å². The number of hydrogen-bond acceptors (Lipinski definition) is 6. The number of para-hydroxylation sites is 2. The molecule has 3 aromatic rings. The summed E-state index contributed by atoms with van der Waals surface area (Å²) in [7, 11) is 0. The minimum absolute atomic E-state index is 0.0603. The van der Waals surface area contributed by atoms with Crippen LogP contribution < -0.4 is 20.5 Å². The fourth-order valence-electron chi connectivity index (χ4n) is 2.98. The van der Waals surface area contributed by atoms with Gasteiger partial charge in [0.15, 0.2) is 11.5 Å². The Bertz CT molecular complexity index is 1190. The zero-order chi connectivity index (χ0) is 23.1. The first kappa shape index (κ1) is 23.3. The lowest BCUT2D eigenvalue weighted by Crippen LogP contribution is -2.21. The molecule has 32 heavy (non-hydrogen) atoms. The molecule has 0 fully saturated rings. The summed E-state index contributed by atoms with van der Waals surface area (Å²) in [6, 6.07) is 10.7. The second-order valence-electron chi connectivity index (χ2n) is 7.25. The Labute approximate surface area is 190 Å². The number of halogens is 1. The Kier molecular flexibility index (Phi) is 7.83. The zero-order valence-electron chi connectivity index (χ0n) is 18.1. The van der Waals surface area contributed by atoms with Crippen LogP contribution in [0.3, 0.4) is 0 Å². The Morgan fingerprint density at radius 1 is 1.31 bits per heavy atom. The van der Waals surface area contributed by atoms with Crippen molar-refractivity contribution in [2.45, 2.75) is 39.7 Å². The van der Waals surface area contributed by atoms with Crippen molar-refractivity contribution in [3.05, 3.63) is 63.0 Å². The van der Waals surface area contributed by atoms with E-state index < -0.39 is 0 Å². The molecule has 0 atom stereocenters. The predicted molar refractivity (Wildman–Crippen MR) is 125 cm³/mol. The summed E-state index contributed by atoms with van der Waals surface area (Å²) in [4.78, 5) is 31.4. The van der Waals surface area contributed by atoms with E-state index >= 15 is 0 Å². The molecule has 0 aliphatic rings. The first-order valence-corrected chi connectivity index (χ1v) is 10.7. The molecule has 0 radical (unpaired) electrons. The van der Waals surface area contributed by atoms with Gasteiger partial charge < -0.3 is 14.5 Å². The number of amides is 1. The van der Waals surface area contributed by atoms with E-state index in [2.05, 4.69) is 20.5 Å². The van der Waals surface area contributed by atoms with Crippen LogP contribution in [0.2, 0.25) is 5.02 Å². The van der Waals surface area contributed by atoms with Crippen LogP contribution in [0.25, 0.3) is 11.0 Å². The first-order valence-electron chi connectivity index (χ1n) is 10.3. The van der Waals surface area contributed by atoms with Gasteiger partial charge in [-0.25, -0.2) is 10.4 Å². The van der Waals surface area contributed by atoms with E-state index in [1.807, 2.05) is 32.9 Å². The van der Waals surface area contributed by atoms with E-state index in [1.54, 1.807) is 24.3 Å². The maximum atomic E-state index is 12.2. The van der Waals surface area contributed by atoms with Gasteiger partial charge in [0.2, 0.25) is 5.91 Å². The van der Waals surface area contributed by atoms with Crippen LogP contribution in [0.5, 0.6) is 11.5 Å². The highest BCUT2D eigenvalue weighted by Crippen LogP contribution is 2.37. The standard InChI is InChI=1S/C23H25ClN4O4/c1-4-31-20-12-15(11-16(24)22(20)32-14(2)3)13-25-28-21(29)10-9-19-23(30)27-18-8-6-5-7-17(18)26-19/h5-8,11-14H,4,9-10H2,1-3H3,(H,27,30)(H,28,29)/b25-13-. The molecular weight excluding hydrogens is 432 g/mol. The number of H-pyrrole nitrogens is 1. The van der Waals surface area contributed by atoms with Crippen LogP contribution in [0.1, 0.15) is 38.4 Å². The molecule has 0 saturated carbocycles. The largest absolute Gasteiger partial charge is 0.490 e. The number of aromatic nitrogens is 2. The van der Waals surface area contributed by atoms with Crippen molar-refractivity contribution >= 4 is 34.8 Å². The number of aromatic amines is 1. The second-order valence-corrected chi connectivity index (χ2v) is 7.66. The number of carbonyl (C=O) groups is 1. The highest BCUT2D eigenvalue weighted by Gasteiger charge is 2.14. The average Bonchev–Trinajstić information content (AvgIpc) is 2.74. The van der Waals surface area contributed by atoms with Gasteiger partial charge in [-0.05, 0) is 50.6 Å². The van der Waals surface area contributed by atoms with E-state index in [4.69, 9.17) is 21.1 Å². The summed E-state index contributed by atoms with van der Waals surface area (Å²) in [6.45, 7) is 6.12. The number of aryl methyl sites for hydroxylation is 1. The molecular formula is C23H25ClN4O4. The molecule has 1 heterocycles. The molecule has 1 aromatic heterocycles.